The van der Waals surface area contributed by atoms with Crippen molar-refractivity contribution >= 4 is 17.5 Å². The number of carbonyl (C=O) groups is 2. The lowest BCUT2D eigenvalue weighted by Crippen LogP contribution is -2.36. The van der Waals surface area contributed by atoms with Crippen LogP contribution in [-0.2, 0) is 4.79 Å². The molecular weight excluding hydrogens is 372 g/mol. The molecule has 0 saturated carbocycles. The Kier molecular flexibility index (Phi) is 12.2. The van der Waals surface area contributed by atoms with Gasteiger partial charge in [-0.15, -0.1) is 0 Å². The van der Waals surface area contributed by atoms with Crippen LogP contribution in [0.2, 0.25) is 0 Å². The summed E-state index contributed by atoms with van der Waals surface area (Å²) in [6, 6.07) is 7.42. The van der Waals surface area contributed by atoms with E-state index in [4.69, 9.17) is 0 Å². The Morgan fingerprint density at radius 3 is 2.00 bits per heavy atom. The highest BCUT2D eigenvalue weighted by Gasteiger charge is 2.21. The molecule has 1 saturated heterocycles. The Bertz CT molecular complexity index is 623. The number of nitrogens with zero attached hydrogens (tertiary/aromatic N) is 1. The summed E-state index contributed by atoms with van der Waals surface area (Å²) in [6.45, 7) is 3.90. The SMILES string of the molecule is CCCCCCCCCCCCCC(=O)Nc1ccccc1C(=O)N1CCCCC1. The van der Waals surface area contributed by atoms with Gasteiger partial charge in [-0.1, -0.05) is 83.3 Å². The van der Waals surface area contributed by atoms with Crippen LogP contribution in [-0.4, -0.2) is 29.8 Å². The maximum atomic E-state index is 12.8. The maximum absolute atomic E-state index is 12.8. The number of likely N-dealkylation sites (tertiary alicyclic amines) is 1. The molecule has 1 aromatic rings. The Morgan fingerprint density at radius 1 is 0.800 bits per heavy atom. The van der Waals surface area contributed by atoms with Crippen molar-refractivity contribution < 1.29 is 9.59 Å². The lowest BCUT2D eigenvalue weighted by atomic mass is 10.0. The van der Waals surface area contributed by atoms with Gasteiger partial charge in [-0.05, 0) is 37.8 Å². The number of hydrogen-bond acceptors (Lipinski definition) is 2. The Labute approximate surface area is 183 Å². The molecule has 2 amide bonds. The number of anilines is 1. The second kappa shape index (κ2) is 15.0. The highest BCUT2D eigenvalue weighted by atomic mass is 16.2. The molecule has 0 aliphatic carbocycles. The molecule has 0 bridgehead atoms. The number of amides is 2. The van der Waals surface area contributed by atoms with Crippen molar-refractivity contribution in [3.05, 3.63) is 29.8 Å². The van der Waals surface area contributed by atoms with E-state index in [2.05, 4.69) is 12.2 Å². The summed E-state index contributed by atoms with van der Waals surface area (Å²) >= 11 is 0. The van der Waals surface area contributed by atoms with Gasteiger partial charge in [-0.2, -0.15) is 0 Å². The minimum atomic E-state index is 0.0184. The van der Waals surface area contributed by atoms with Crippen LogP contribution in [0.4, 0.5) is 5.69 Å². The third kappa shape index (κ3) is 9.32. The van der Waals surface area contributed by atoms with Crippen LogP contribution >= 0.6 is 0 Å². The Hall–Kier alpha value is -1.84. The van der Waals surface area contributed by atoms with E-state index < -0.39 is 0 Å². The largest absolute Gasteiger partial charge is 0.339 e. The molecule has 4 nitrogen and oxygen atoms in total. The van der Waals surface area contributed by atoms with Crippen molar-refractivity contribution in [2.45, 2.75) is 103 Å². The second-order valence-electron chi connectivity index (χ2n) is 8.73. The highest BCUT2D eigenvalue weighted by molar-refractivity contribution is 6.03. The van der Waals surface area contributed by atoms with Crippen molar-refractivity contribution in [3.8, 4) is 0 Å². The summed E-state index contributed by atoms with van der Waals surface area (Å²) in [7, 11) is 0. The molecular formula is C26H42N2O2. The molecule has 0 radical (unpaired) electrons. The van der Waals surface area contributed by atoms with Crippen LogP contribution in [0.25, 0.3) is 0 Å². The lowest BCUT2D eigenvalue weighted by molar-refractivity contribution is -0.116. The van der Waals surface area contributed by atoms with Crippen molar-refractivity contribution in [1.82, 2.24) is 4.90 Å². The smallest absolute Gasteiger partial charge is 0.255 e. The number of benzene rings is 1. The van der Waals surface area contributed by atoms with E-state index in [1.165, 1.54) is 64.2 Å². The average molecular weight is 415 g/mol. The number of rotatable bonds is 14. The quantitative estimate of drug-likeness (QED) is 0.335. The minimum absolute atomic E-state index is 0.0184. The van der Waals surface area contributed by atoms with E-state index in [9.17, 15) is 9.59 Å². The molecule has 2 rings (SSSR count). The Morgan fingerprint density at radius 2 is 1.37 bits per heavy atom. The fourth-order valence-electron chi connectivity index (χ4n) is 4.21. The van der Waals surface area contributed by atoms with E-state index in [-0.39, 0.29) is 11.8 Å². The van der Waals surface area contributed by atoms with Crippen molar-refractivity contribution in [2.75, 3.05) is 18.4 Å². The first-order chi connectivity index (χ1) is 14.7. The molecule has 1 aromatic carbocycles. The predicted molar refractivity (Wildman–Crippen MR) is 126 cm³/mol. The molecule has 1 heterocycles. The molecule has 4 heteroatoms. The van der Waals surface area contributed by atoms with Gasteiger partial charge in [0.05, 0.1) is 11.3 Å². The Balaban J connectivity index is 1.62. The zero-order valence-corrected chi connectivity index (χ0v) is 19.1. The number of para-hydroxylation sites is 1. The monoisotopic (exact) mass is 414 g/mol. The van der Waals surface area contributed by atoms with E-state index in [1.54, 1.807) is 0 Å². The van der Waals surface area contributed by atoms with Gasteiger partial charge in [0.2, 0.25) is 5.91 Å². The summed E-state index contributed by atoms with van der Waals surface area (Å²) < 4.78 is 0. The van der Waals surface area contributed by atoms with Crippen LogP contribution in [0.1, 0.15) is 114 Å². The summed E-state index contributed by atoms with van der Waals surface area (Å²) in [6.07, 6.45) is 17.9. The van der Waals surface area contributed by atoms with Gasteiger partial charge in [0.1, 0.15) is 0 Å². The van der Waals surface area contributed by atoms with Crippen molar-refractivity contribution in [3.63, 3.8) is 0 Å². The number of carbonyl (C=O) groups excluding carboxylic acids is 2. The number of piperidine rings is 1. The van der Waals surface area contributed by atoms with Crippen molar-refractivity contribution in [1.29, 1.82) is 0 Å². The first-order valence-electron chi connectivity index (χ1n) is 12.4. The standard InChI is InChI=1S/C26H42N2O2/c1-2-3-4-5-6-7-8-9-10-11-13-20-25(29)27-24-19-15-14-18-23(24)26(30)28-21-16-12-17-22-28/h14-15,18-19H,2-13,16-17,20-22H2,1H3,(H,27,29). The van der Waals surface area contributed by atoms with E-state index >= 15 is 0 Å². The molecule has 0 atom stereocenters. The zero-order chi connectivity index (χ0) is 21.4. The highest BCUT2D eigenvalue weighted by Crippen LogP contribution is 2.20. The minimum Gasteiger partial charge on any atom is -0.339 e. The number of hydrogen-bond donors (Lipinski definition) is 1. The average Bonchev–Trinajstić information content (AvgIpc) is 2.78. The van der Waals surface area contributed by atoms with E-state index in [0.29, 0.717) is 17.7 Å². The van der Waals surface area contributed by atoms with Gasteiger partial charge in [-0.3, -0.25) is 9.59 Å². The molecule has 1 aliphatic heterocycles. The van der Waals surface area contributed by atoms with Gasteiger partial charge < -0.3 is 10.2 Å². The molecule has 0 unspecified atom stereocenters. The molecule has 0 spiro atoms. The molecule has 1 fully saturated rings. The van der Waals surface area contributed by atoms with Gasteiger partial charge >= 0.3 is 0 Å². The van der Waals surface area contributed by atoms with Gasteiger partial charge in [0, 0.05) is 19.5 Å². The van der Waals surface area contributed by atoms with Gasteiger partial charge in [-0.25, -0.2) is 0 Å². The second-order valence-corrected chi connectivity index (χ2v) is 8.73. The van der Waals surface area contributed by atoms with Crippen LogP contribution < -0.4 is 5.32 Å². The van der Waals surface area contributed by atoms with E-state index in [1.807, 2.05) is 29.2 Å². The van der Waals surface area contributed by atoms with Gasteiger partial charge in [0.15, 0.2) is 0 Å². The summed E-state index contributed by atoms with van der Waals surface area (Å²) in [5, 5.41) is 2.98. The molecule has 1 aliphatic rings. The third-order valence-electron chi connectivity index (χ3n) is 6.08. The molecule has 0 aromatic heterocycles. The number of nitrogens with one attached hydrogen (secondary N) is 1. The van der Waals surface area contributed by atoms with Crippen LogP contribution in [0.15, 0.2) is 24.3 Å². The summed E-state index contributed by atoms with van der Waals surface area (Å²) in [4.78, 5) is 27.1. The lowest BCUT2D eigenvalue weighted by Gasteiger charge is -2.27. The maximum Gasteiger partial charge on any atom is 0.255 e. The molecule has 30 heavy (non-hydrogen) atoms. The van der Waals surface area contributed by atoms with Crippen LogP contribution in [0.5, 0.6) is 0 Å². The van der Waals surface area contributed by atoms with Crippen molar-refractivity contribution in [2.24, 2.45) is 0 Å². The fourth-order valence-corrected chi connectivity index (χ4v) is 4.21. The first-order valence-corrected chi connectivity index (χ1v) is 12.4. The fraction of sp³-hybridized carbons (Fsp3) is 0.692. The zero-order valence-electron chi connectivity index (χ0n) is 19.1. The first kappa shape index (κ1) is 24.4. The number of unbranched alkanes of at least 4 members (excludes halogenated alkanes) is 10. The third-order valence-corrected chi connectivity index (χ3v) is 6.08. The summed E-state index contributed by atoms with van der Waals surface area (Å²) in [5.41, 5.74) is 1.27. The summed E-state index contributed by atoms with van der Waals surface area (Å²) in [5.74, 6) is 0.0603. The molecule has 1 N–H and O–H groups in total. The van der Waals surface area contributed by atoms with Gasteiger partial charge in [0.25, 0.3) is 5.91 Å². The topological polar surface area (TPSA) is 49.4 Å². The van der Waals surface area contributed by atoms with E-state index in [0.717, 1.165) is 38.8 Å². The van der Waals surface area contributed by atoms with Crippen LogP contribution in [0, 0.1) is 0 Å². The van der Waals surface area contributed by atoms with Crippen LogP contribution in [0.3, 0.4) is 0 Å². The predicted octanol–water partition coefficient (Wildman–Crippen LogP) is 6.95. The normalized spacial score (nSPS) is 14.0. The molecule has 168 valence electrons.